The first-order valence-electron chi connectivity index (χ1n) is 10.4. The molecule has 0 atom stereocenters. The molecule has 3 aromatic rings. The molecule has 7 heteroatoms. The minimum absolute atomic E-state index is 0.00846. The van der Waals surface area contributed by atoms with Gasteiger partial charge in [0.2, 0.25) is 0 Å². The molecule has 0 heterocycles. The number of hydrogen-bond donors (Lipinski definition) is 1. The molecule has 3 aromatic carbocycles. The van der Waals surface area contributed by atoms with Crippen molar-refractivity contribution in [2.24, 2.45) is 0 Å². The summed E-state index contributed by atoms with van der Waals surface area (Å²) in [5.74, 6) is 1.62. The predicted octanol–water partition coefficient (Wildman–Crippen LogP) is 6.56. The lowest BCUT2D eigenvalue weighted by atomic mass is 10.1. The van der Waals surface area contributed by atoms with Crippen LogP contribution < -0.4 is 19.5 Å². The molecule has 32 heavy (non-hydrogen) atoms. The molecule has 0 saturated carbocycles. The Labute approximate surface area is 201 Å². The van der Waals surface area contributed by atoms with Crippen molar-refractivity contribution < 1.29 is 18.6 Å². The third-order valence-electron chi connectivity index (χ3n) is 4.93. The highest BCUT2D eigenvalue weighted by molar-refractivity contribution is 9.10. The Balaban J connectivity index is 1.65. The second-order valence-corrected chi connectivity index (χ2v) is 8.31. The van der Waals surface area contributed by atoms with Crippen molar-refractivity contribution in [3.8, 4) is 17.2 Å². The molecule has 0 unspecified atom stereocenters. The van der Waals surface area contributed by atoms with Gasteiger partial charge < -0.3 is 19.5 Å². The molecular formula is C25H26BrClFNO3. The Morgan fingerprint density at radius 2 is 1.75 bits per heavy atom. The van der Waals surface area contributed by atoms with Gasteiger partial charge in [-0.15, -0.1) is 0 Å². The Kier molecular flexibility index (Phi) is 9.21. The molecule has 4 nitrogen and oxygen atoms in total. The normalized spacial score (nSPS) is 10.8. The van der Waals surface area contributed by atoms with Gasteiger partial charge >= 0.3 is 0 Å². The van der Waals surface area contributed by atoms with Crippen LogP contribution in [-0.2, 0) is 19.6 Å². The molecule has 0 aliphatic carbocycles. The second kappa shape index (κ2) is 12.1. The average molecular weight is 523 g/mol. The fourth-order valence-electron chi connectivity index (χ4n) is 3.27. The predicted molar refractivity (Wildman–Crippen MR) is 129 cm³/mol. The summed E-state index contributed by atoms with van der Waals surface area (Å²) in [5.41, 5.74) is 2.51. The highest BCUT2D eigenvalue weighted by Gasteiger charge is 2.14. The third kappa shape index (κ3) is 6.37. The van der Waals surface area contributed by atoms with E-state index in [0.717, 1.165) is 34.3 Å². The van der Waals surface area contributed by atoms with Crippen molar-refractivity contribution in [1.29, 1.82) is 0 Å². The lowest BCUT2D eigenvalue weighted by molar-refractivity contribution is 0.265. The molecule has 0 spiro atoms. The Bertz CT molecular complexity index is 1030. The Morgan fingerprint density at radius 1 is 0.969 bits per heavy atom. The highest BCUT2D eigenvalue weighted by Crippen LogP contribution is 2.35. The van der Waals surface area contributed by atoms with Crippen molar-refractivity contribution in [1.82, 2.24) is 5.32 Å². The van der Waals surface area contributed by atoms with Gasteiger partial charge in [-0.05, 0) is 61.3 Å². The highest BCUT2D eigenvalue weighted by atomic mass is 79.9. The quantitative estimate of drug-likeness (QED) is 0.290. The number of benzene rings is 3. The first-order chi connectivity index (χ1) is 15.5. The Hall–Kier alpha value is -2.28. The summed E-state index contributed by atoms with van der Waals surface area (Å²) in [6.45, 7) is 3.84. The molecule has 0 aliphatic heterocycles. The number of nitrogens with one attached hydrogen (secondary N) is 1. The maximum Gasteiger partial charge on any atom is 0.162 e. The molecule has 0 radical (unpaired) electrons. The van der Waals surface area contributed by atoms with E-state index in [2.05, 4.69) is 27.3 Å². The summed E-state index contributed by atoms with van der Waals surface area (Å²) >= 11 is 9.72. The maximum absolute atomic E-state index is 14.1. The summed E-state index contributed by atoms with van der Waals surface area (Å²) in [6, 6.07) is 16.4. The van der Waals surface area contributed by atoms with Gasteiger partial charge in [0, 0.05) is 16.6 Å². The van der Waals surface area contributed by atoms with Crippen molar-refractivity contribution in [3.63, 3.8) is 0 Å². The number of halogens is 3. The number of para-hydroxylation sites is 1. The summed E-state index contributed by atoms with van der Waals surface area (Å²) in [4.78, 5) is 0. The Morgan fingerprint density at radius 3 is 2.50 bits per heavy atom. The molecule has 170 valence electrons. The van der Waals surface area contributed by atoms with Crippen LogP contribution in [0.2, 0.25) is 5.02 Å². The van der Waals surface area contributed by atoms with E-state index in [4.69, 9.17) is 25.8 Å². The van der Waals surface area contributed by atoms with Gasteiger partial charge in [0.1, 0.15) is 18.2 Å². The summed E-state index contributed by atoms with van der Waals surface area (Å²) in [5, 5.41) is 3.79. The monoisotopic (exact) mass is 521 g/mol. The van der Waals surface area contributed by atoms with E-state index < -0.39 is 5.82 Å². The first-order valence-corrected chi connectivity index (χ1v) is 11.5. The number of rotatable bonds is 11. The fourth-order valence-corrected chi connectivity index (χ4v) is 3.95. The lowest BCUT2D eigenvalue weighted by Gasteiger charge is -2.16. The summed E-state index contributed by atoms with van der Waals surface area (Å²) < 4.78 is 32.0. The largest absolute Gasteiger partial charge is 0.496 e. The molecule has 0 fully saturated rings. The zero-order valence-corrected chi connectivity index (χ0v) is 20.4. The zero-order chi connectivity index (χ0) is 22.9. The maximum atomic E-state index is 14.1. The van der Waals surface area contributed by atoms with Crippen molar-refractivity contribution >= 4 is 27.5 Å². The third-order valence-corrected chi connectivity index (χ3v) is 6.02. The number of methoxy groups -OCH3 is 1. The summed E-state index contributed by atoms with van der Waals surface area (Å²) in [6.07, 6.45) is 0.852. The molecule has 0 aromatic heterocycles. The van der Waals surface area contributed by atoms with Crippen LogP contribution >= 0.6 is 27.5 Å². The molecule has 1 N–H and O–H groups in total. The van der Waals surface area contributed by atoms with E-state index in [9.17, 15) is 4.39 Å². The van der Waals surface area contributed by atoms with Gasteiger partial charge in [0.05, 0.1) is 18.7 Å². The second-order valence-electron chi connectivity index (χ2n) is 7.05. The smallest absolute Gasteiger partial charge is 0.162 e. The van der Waals surface area contributed by atoms with Crippen LogP contribution in [0.3, 0.4) is 0 Å². The van der Waals surface area contributed by atoms with Crippen molar-refractivity contribution in [2.75, 3.05) is 20.3 Å². The standard InChI is InChI=1S/C25H26BrClFNO3/c1-3-31-24-13-18(15-29-12-11-17-7-4-5-10-23(17)30-2)20(26)14-25(24)32-16-19-21(27)8-6-9-22(19)28/h4-10,13-14,29H,3,11-12,15-16H2,1-2H3. The van der Waals surface area contributed by atoms with E-state index in [1.807, 2.05) is 37.3 Å². The number of hydrogen-bond acceptors (Lipinski definition) is 4. The minimum atomic E-state index is -0.398. The van der Waals surface area contributed by atoms with Gasteiger partial charge in [-0.2, -0.15) is 0 Å². The van der Waals surface area contributed by atoms with Crippen LogP contribution in [0.15, 0.2) is 59.1 Å². The van der Waals surface area contributed by atoms with Crippen LogP contribution in [-0.4, -0.2) is 20.3 Å². The lowest BCUT2D eigenvalue weighted by Crippen LogP contribution is -2.17. The molecular weight excluding hydrogens is 497 g/mol. The zero-order valence-electron chi connectivity index (χ0n) is 18.1. The first kappa shape index (κ1) is 24.4. The van der Waals surface area contributed by atoms with E-state index in [1.165, 1.54) is 6.07 Å². The molecule has 0 bridgehead atoms. The van der Waals surface area contributed by atoms with E-state index in [0.29, 0.717) is 35.2 Å². The van der Waals surface area contributed by atoms with Gasteiger partial charge in [0.25, 0.3) is 0 Å². The molecule has 3 rings (SSSR count). The van der Waals surface area contributed by atoms with Crippen LogP contribution in [0.4, 0.5) is 4.39 Å². The van der Waals surface area contributed by atoms with Gasteiger partial charge in [-0.25, -0.2) is 4.39 Å². The van der Waals surface area contributed by atoms with Gasteiger partial charge in [-0.1, -0.05) is 51.8 Å². The SMILES string of the molecule is CCOc1cc(CNCCc2ccccc2OC)c(Br)cc1OCc1c(F)cccc1Cl. The van der Waals surface area contributed by atoms with Crippen LogP contribution in [0.1, 0.15) is 23.6 Å². The van der Waals surface area contributed by atoms with Crippen LogP contribution in [0.25, 0.3) is 0 Å². The van der Waals surface area contributed by atoms with Crippen molar-refractivity contribution in [3.05, 3.63) is 86.6 Å². The average Bonchev–Trinajstić information content (AvgIpc) is 2.79. The van der Waals surface area contributed by atoms with E-state index >= 15 is 0 Å². The minimum Gasteiger partial charge on any atom is -0.496 e. The van der Waals surface area contributed by atoms with E-state index in [1.54, 1.807) is 19.2 Å². The van der Waals surface area contributed by atoms with Crippen LogP contribution in [0.5, 0.6) is 17.2 Å². The van der Waals surface area contributed by atoms with Gasteiger partial charge in [0.15, 0.2) is 11.5 Å². The van der Waals surface area contributed by atoms with E-state index in [-0.39, 0.29) is 6.61 Å². The topological polar surface area (TPSA) is 39.7 Å². The summed E-state index contributed by atoms with van der Waals surface area (Å²) in [7, 11) is 1.68. The molecule has 0 aliphatic rings. The number of ether oxygens (including phenoxy) is 3. The molecule has 0 saturated heterocycles. The van der Waals surface area contributed by atoms with Crippen molar-refractivity contribution in [2.45, 2.75) is 26.5 Å². The van der Waals surface area contributed by atoms with Crippen LogP contribution in [0, 0.1) is 5.82 Å². The van der Waals surface area contributed by atoms with Gasteiger partial charge in [-0.3, -0.25) is 0 Å². The molecule has 0 amide bonds. The fraction of sp³-hybridized carbons (Fsp3) is 0.280.